The van der Waals surface area contributed by atoms with E-state index in [9.17, 15) is 14.4 Å². The third-order valence-corrected chi connectivity index (χ3v) is 8.27. The van der Waals surface area contributed by atoms with Gasteiger partial charge in [0, 0.05) is 19.3 Å². The van der Waals surface area contributed by atoms with Gasteiger partial charge in [-0.15, -0.1) is 0 Å². The second kappa shape index (κ2) is 35.0. The smallest absolute Gasteiger partial charge is 0.306 e. The van der Waals surface area contributed by atoms with Crippen molar-refractivity contribution in [2.75, 3.05) is 13.2 Å². The first-order chi connectivity index (χ1) is 22.0. The molecular weight excluding hydrogens is 564 g/mol. The molecule has 0 radical (unpaired) electrons. The number of rotatable bonds is 34. The first-order valence-electron chi connectivity index (χ1n) is 19.2. The molecule has 0 saturated heterocycles. The number of unbranched alkanes of at least 4 members (excludes halogenated alkanes) is 21. The minimum Gasteiger partial charge on any atom is -0.462 e. The Bertz CT molecular complexity index is 704. The highest BCUT2D eigenvalue weighted by Crippen LogP contribution is 2.13. The summed E-state index contributed by atoms with van der Waals surface area (Å²) in [6.45, 7) is 6.50. The average Bonchev–Trinajstić information content (AvgIpc) is 3.03. The van der Waals surface area contributed by atoms with Crippen LogP contribution in [0.15, 0.2) is 12.2 Å². The van der Waals surface area contributed by atoms with Crippen molar-refractivity contribution in [2.45, 2.75) is 207 Å². The Hall–Kier alpha value is -1.85. The quantitative estimate of drug-likeness (QED) is 0.0303. The van der Waals surface area contributed by atoms with E-state index in [1.807, 2.05) is 0 Å². The Labute approximate surface area is 278 Å². The van der Waals surface area contributed by atoms with Gasteiger partial charge in [-0.2, -0.15) is 0 Å². The van der Waals surface area contributed by atoms with Crippen LogP contribution in [0.3, 0.4) is 0 Å². The molecule has 1 atom stereocenters. The highest BCUT2D eigenvalue weighted by Gasteiger charge is 2.19. The predicted octanol–water partition coefficient (Wildman–Crippen LogP) is 11.5. The molecule has 0 amide bonds. The fourth-order valence-corrected chi connectivity index (χ4v) is 5.32. The van der Waals surface area contributed by atoms with Crippen LogP contribution >= 0.6 is 0 Å². The van der Waals surface area contributed by atoms with Crippen LogP contribution in [0.2, 0.25) is 0 Å². The van der Waals surface area contributed by atoms with Gasteiger partial charge < -0.3 is 14.2 Å². The summed E-state index contributed by atoms with van der Waals surface area (Å²) in [6.07, 6.45) is 33.5. The van der Waals surface area contributed by atoms with E-state index < -0.39 is 6.10 Å². The SMILES string of the molecule is CCCCC/C=C\CCCCCCCC(=O)OCC(COC(=O)CCCCCCCC)OC(=O)CCCCCCCCCCC. The maximum Gasteiger partial charge on any atom is 0.306 e. The molecule has 6 nitrogen and oxygen atoms in total. The predicted molar refractivity (Wildman–Crippen MR) is 187 cm³/mol. The first kappa shape index (κ1) is 43.1. The Morgan fingerprint density at radius 3 is 1.16 bits per heavy atom. The molecule has 0 bridgehead atoms. The molecule has 264 valence electrons. The minimum absolute atomic E-state index is 0.0709. The van der Waals surface area contributed by atoms with E-state index in [0.29, 0.717) is 19.3 Å². The molecule has 0 aliphatic rings. The molecule has 0 N–H and O–H groups in total. The zero-order chi connectivity index (χ0) is 33.1. The summed E-state index contributed by atoms with van der Waals surface area (Å²) in [5.41, 5.74) is 0. The van der Waals surface area contributed by atoms with Gasteiger partial charge in [-0.1, -0.05) is 148 Å². The second-order valence-electron chi connectivity index (χ2n) is 12.8. The molecule has 1 unspecified atom stereocenters. The molecule has 0 aromatic heterocycles. The maximum absolute atomic E-state index is 12.5. The Morgan fingerprint density at radius 1 is 0.422 bits per heavy atom. The Kier molecular flexibility index (Phi) is 33.6. The summed E-state index contributed by atoms with van der Waals surface area (Å²) in [6, 6.07) is 0. The molecule has 45 heavy (non-hydrogen) atoms. The van der Waals surface area contributed by atoms with Crippen LogP contribution in [-0.2, 0) is 28.6 Å². The van der Waals surface area contributed by atoms with Crippen LogP contribution in [-0.4, -0.2) is 37.2 Å². The topological polar surface area (TPSA) is 78.9 Å². The summed E-state index contributed by atoms with van der Waals surface area (Å²) in [5.74, 6) is -0.894. The van der Waals surface area contributed by atoms with Gasteiger partial charge in [0.2, 0.25) is 0 Å². The lowest BCUT2D eigenvalue weighted by Crippen LogP contribution is -2.30. The highest BCUT2D eigenvalue weighted by molar-refractivity contribution is 5.71. The van der Waals surface area contributed by atoms with Crippen LogP contribution in [0.5, 0.6) is 0 Å². The van der Waals surface area contributed by atoms with Gasteiger partial charge >= 0.3 is 17.9 Å². The Morgan fingerprint density at radius 2 is 0.733 bits per heavy atom. The molecule has 0 spiro atoms. The van der Waals surface area contributed by atoms with Gasteiger partial charge in [0.05, 0.1) is 0 Å². The van der Waals surface area contributed by atoms with Gasteiger partial charge in [-0.05, 0) is 44.9 Å². The molecule has 0 aromatic rings. The van der Waals surface area contributed by atoms with E-state index in [4.69, 9.17) is 14.2 Å². The van der Waals surface area contributed by atoms with Gasteiger partial charge in [-0.3, -0.25) is 14.4 Å². The van der Waals surface area contributed by atoms with Gasteiger partial charge in [0.25, 0.3) is 0 Å². The second-order valence-corrected chi connectivity index (χ2v) is 12.8. The van der Waals surface area contributed by atoms with E-state index >= 15 is 0 Å². The van der Waals surface area contributed by atoms with Crippen LogP contribution in [0.1, 0.15) is 201 Å². The molecule has 0 saturated carbocycles. The van der Waals surface area contributed by atoms with Crippen LogP contribution in [0, 0.1) is 0 Å². The van der Waals surface area contributed by atoms with E-state index in [1.165, 1.54) is 96.3 Å². The molecule has 0 heterocycles. The normalized spacial score (nSPS) is 12.0. The maximum atomic E-state index is 12.5. The highest BCUT2D eigenvalue weighted by atomic mass is 16.6. The van der Waals surface area contributed by atoms with Crippen molar-refractivity contribution in [2.24, 2.45) is 0 Å². The van der Waals surface area contributed by atoms with Crippen LogP contribution < -0.4 is 0 Å². The molecule has 6 heteroatoms. The molecule has 0 rings (SSSR count). The van der Waals surface area contributed by atoms with Crippen molar-refractivity contribution in [1.29, 1.82) is 0 Å². The van der Waals surface area contributed by atoms with Crippen molar-refractivity contribution < 1.29 is 28.6 Å². The van der Waals surface area contributed by atoms with Gasteiger partial charge in [-0.25, -0.2) is 0 Å². The summed E-state index contributed by atoms with van der Waals surface area (Å²) < 4.78 is 16.5. The number of hydrogen-bond donors (Lipinski definition) is 0. The van der Waals surface area contributed by atoms with E-state index in [-0.39, 0.29) is 31.1 Å². The summed E-state index contributed by atoms with van der Waals surface area (Å²) >= 11 is 0. The number of carbonyl (C=O) groups is 3. The molecule has 0 fully saturated rings. The lowest BCUT2D eigenvalue weighted by Gasteiger charge is -2.18. The fourth-order valence-electron chi connectivity index (χ4n) is 5.32. The van der Waals surface area contributed by atoms with Crippen molar-refractivity contribution in [3.8, 4) is 0 Å². The Balaban J connectivity index is 4.32. The van der Waals surface area contributed by atoms with Crippen molar-refractivity contribution in [1.82, 2.24) is 0 Å². The summed E-state index contributed by atoms with van der Waals surface area (Å²) in [7, 11) is 0. The van der Waals surface area contributed by atoms with Gasteiger partial charge in [0.1, 0.15) is 13.2 Å². The third-order valence-electron chi connectivity index (χ3n) is 8.27. The minimum atomic E-state index is -0.761. The van der Waals surface area contributed by atoms with Gasteiger partial charge in [0.15, 0.2) is 6.10 Å². The van der Waals surface area contributed by atoms with Crippen LogP contribution in [0.25, 0.3) is 0 Å². The summed E-state index contributed by atoms with van der Waals surface area (Å²) in [4.78, 5) is 37.2. The van der Waals surface area contributed by atoms with E-state index in [2.05, 4.69) is 32.9 Å². The largest absolute Gasteiger partial charge is 0.462 e. The number of allylic oxidation sites excluding steroid dienone is 2. The number of carbonyl (C=O) groups excluding carboxylic acids is 3. The molecule has 0 aromatic carbocycles. The lowest BCUT2D eigenvalue weighted by molar-refractivity contribution is -0.167. The molecule has 0 aliphatic carbocycles. The van der Waals surface area contributed by atoms with Crippen molar-refractivity contribution >= 4 is 17.9 Å². The number of hydrogen-bond acceptors (Lipinski definition) is 6. The van der Waals surface area contributed by atoms with E-state index in [1.54, 1.807) is 0 Å². The molecule has 0 aliphatic heterocycles. The van der Waals surface area contributed by atoms with Crippen molar-refractivity contribution in [3.05, 3.63) is 12.2 Å². The third kappa shape index (κ3) is 33.3. The zero-order valence-corrected chi connectivity index (χ0v) is 29.9. The fraction of sp³-hybridized carbons (Fsp3) is 0.872. The number of ether oxygens (including phenoxy) is 3. The monoisotopic (exact) mass is 637 g/mol. The average molecular weight is 637 g/mol. The van der Waals surface area contributed by atoms with Crippen molar-refractivity contribution in [3.63, 3.8) is 0 Å². The first-order valence-corrected chi connectivity index (χ1v) is 19.2. The standard InChI is InChI=1S/C39H72O6/c1-4-7-10-13-16-18-19-20-22-23-26-29-32-38(41)44-35-36(34-43-37(40)31-28-25-15-12-9-6-3)45-39(42)33-30-27-24-21-17-14-11-8-5-2/h16,18,36H,4-15,17,19-35H2,1-3H3/b18-16-. The molecular formula is C39H72O6. The van der Waals surface area contributed by atoms with Crippen LogP contribution in [0.4, 0.5) is 0 Å². The lowest BCUT2D eigenvalue weighted by atomic mass is 10.1. The summed E-state index contributed by atoms with van der Waals surface area (Å²) in [5, 5.41) is 0. The zero-order valence-electron chi connectivity index (χ0n) is 29.9. The number of esters is 3. The van der Waals surface area contributed by atoms with E-state index in [0.717, 1.165) is 64.2 Å².